The lowest BCUT2D eigenvalue weighted by molar-refractivity contribution is -0.115. The van der Waals surface area contributed by atoms with Crippen LogP contribution in [0.2, 0.25) is 0 Å². The number of rotatable bonds is 2. The summed E-state index contributed by atoms with van der Waals surface area (Å²) in [5.41, 5.74) is 2.76. The Hall–Kier alpha value is -2.99. The van der Waals surface area contributed by atoms with Gasteiger partial charge in [-0.25, -0.2) is 4.99 Å². The monoisotopic (exact) mass is 349 g/mol. The van der Waals surface area contributed by atoms with Gasteiger partial charge >= 0.3 is 0 Å². The van der Waals surface area contributed by atoms with Gasteiger partial charge in [-0.3, -0.25) is 4.79 Å². The van der Waals surface area contributed by atoms with Crippen molar-refractivity contribution in [3.8, 4) is 5.75 Å². The number of phenolic OH excluding ortho intramolecular Hbond substituents is 1. The average molecular weight is 349 g/mol. The van der Waals surface area contributed by atoms with Gasteiger partial charge in [0.15, 0.2) is 5.17 Å². The Bertz CT molecular complexity index is 1030. The molecule has 25 heavy (non-hydrogen) atoms. The molecule has 124 valence electrons. The number of amidine groups is 1. The standard InChI is InChI=1S/C19H15N3O2S/c1-22-14(10-12-4-2-3-5-16(12)22)11-17-18(24)21-19(25-17)20-13-6-8-15(23)9-7-13/h2-11,23H,1H3,(H,20,21,24). The maximum Gasteiger partial charge on any atom is 0.264 e. The van der Waals surface area contributed by atoms with Crippen molar-refractivity contribution in [2.75, 3.05) is 0 Å². The molecule has 1 aliphatic rings. The molecule has 1 aromatic heterocycles. The maximum atomic E-state index is 12.2. The van der Waals surface area contributed by atoms with Crippen LogP contribution < -0.4 is 5.32 Å². The van der Waals surface area contributed by atoms with Gasteiger partial charge < -0.3 is 15.0 Å². The zero-order valence-electron chi connectivity index (χ0n) is 13.4. The molecule has 2 N–H and O–H groups in total. The number of thioether (sulfide) groups is 1. The molecule has 1 fully saturated rings. The van der Waals surface area contributed by atoms with Crippen LogP contribution in [0.3, 0.4) is 0 Å². The minimum absolute atomic E-state index is 0.159. The number of hydrogen-bond acceptors (Lipinski definition) is 4. The zero-order valence-corrected chi connectivity index (χ0v) is 14.2. The molecule has 2 heterocycles. The van der Waals surface area contributed by atoms with Crippen molar-refractivity contribution in [3.05, 3.63) is 65.2 Å². The molecule has 0 atom stereocenters. The first-order valence-electron chi connectivity index (χ1n) is 7.73. The van der Waals surface area contributed by atoms with Crippen LogP contribution in [-0.4, -0.2) is 20.7 Å². The summed E-state index contributed by atoms with van der Waals surface area (Å²) in [4.78, 5) is 17.2. The first-order chi connectivity index (χ1) is 12.1. The van der Waals surface area contributed by atoms with Crippen molar-refractivity contribution in [2.24, 2.45) is 12.0 Å². The predicted molar refractivity (Wildman–Crippen MR) is 102 cm³/mol. The van der Waals surface area contributed by atoms with Crippen LogP contribution in [0, 0.1) is 0 Å². The van der Waals surface area contributed by atoms with Crippen LogP contribution in [-0.2, 0) is 11.8 Å². The van der Waals surface area contributed by atoms with Crippen LogP contribution in [0.4, 0.5) is 5.69 Å². The second-order valence-electron chi connectivity index (χ2n) is 5.69. The third kappa shape index (κ3) is 3.04. The Kier molecular flexibility index (Phi) is 3.82. The van der Waals surface area contributed by atoms with Gasteiger partial charge in [0.25, 0.3) is 5.91 Å². The van der Waals surface area contributed by atoms with Gasteiger partial charge in [-0.1, -0.05) is 18.2 Å². The van der Waals surface area contributed by atoms with E-state index in [0.717, 1.165) is 16.6 Å². The summed E-state index contributed by atoms with van der Waals surface area (Å²) in [5.74, 6) is 0.0243. The number of nitrogens with one attached hydrogen (secondary N) is 1. The van der Waals surface area contributed by atoms with E-state index in [1.807, 2.05) is 25.3 Å². The fourth-order valence-corrected chi connectivity index (χ4v) is 3.53. The predicted octanol–water partition coefficient (Wildman–Crippen LogP) is 3.78. The topological polar surface area (TPSA) is 66.6 Å². The second kappa shape index (κ2) is 6.14. The molecule has 3 aromatic rings. The van der Waals surface area contributed by atoms with E-state index in [2.05, 4.69) is 33.1 Å². The Balaban J connectivity index is 1.64. The number of aliphatic imine (C=N–C) groups is 1. The highest BCUT2D eigenvalue weighted by atomic mass is 32.2. The van der Waals surface area contributed by atoms with E-state index in [9.17, 15) is 9.90 Å². The number of para-hydroxylation sites is 1. The third-order valence-corrected chi connectivity index (χ3v) is 4.91. The highest BCUT2D eigenvalue weighted by molar-refractivity contribution is 8.18. The maximum absolute atomic E-state index is 12.2. The van der Waals surface area contributed by atoms with Crippen LogP contribution in [0.1, 0.15) is 5.69 Å². The molecule has 0 radical (unpaired) electrons. The molecule has 1 amide bonds. The van der Waals surface area contributed by atoms with Crippen molar-refractivity contribution in [1.29, 1.82) is 0 Å². The minimum Gasteiger partial charge on any atom is -0.508 e. The highest BCUT2D eigenvalue weighted by Crippen LogP contribution is 2.29. The summed E-state index contributed by atoms with van der Waals surface area (Å²) < 4.78 is 2.06. The van der Waals surface area contributed by atoms with Gasteiger partial charge in [-0.05, 0) is 54.2 Å². The molecule has 5 nitrogen and oxygen atoms in total. The number of nitrogens with zero attached hydrogens (tertiary/aromatic N) is 2. The number of hydrogen-bond donors (Lipinski definition) is 2. The molecule has 0 saturated carbocycles. The highest BCUT2D eigenvalue weighted by Gasteiger charge is 2.24. The Morgan fingerprint density at radius 2 is 1.92 bits per heavy atom. The van der Waals surface area contributed by atoms with E-state index in [4.69, 9.17) is 0 Å². The van der Waals surface area contributed by atoms with Gasteiger partial charge in [0, 0.05) is 23.6 Å². The molecule has 6 heteroatoms. The normalized spacial score (nSPS) is 17.6. The number of aromatic hydroxyl groups is 1. The molecule has 0 unspecified atom stereocenters. The van der Waals surface area contributed by atoms with Crippen LogP contribution >= 0.6 is 11.8 Å². The Morgan fingerprint density at radius 1 is 1.16 bits per heavy atom. The fraction of sp³-hybridized carbons (Fsp3) is 0.0526. The molecule has 0 bridgehead atoms. The van der Waals surface area contributed by atoms with E-state index in [1.165, 1.54) is 11.8 Å². The molecule has 2 aromatic carbocycles. The van der Waals surface area contributed by atoms with Gasteiger partial charge in [-0.15, -0.1) is 0 Å². The fourth-order valence-electron chi connectivity index (χ4n) is 2.71. The molecule has 4 rings (SSSR count). The van der Waals surface area contributed by atoms with Crippen molar-refractivity contribution in [2.45, 2.75) is 0 Å². The number of benzene rings is 2. The molecular weight excluding hydrogens is 334 g/mol. The van der Waals surface area contributed by atoms with E-state index < -0.39 is 0 Å². The summed E-state index contributed by atoms with van der Waals surface area (Å²) in [7, 11) is 1.98. The first-order valence-corrected chi connectivity index (χ1v) is 8.55. The van der Waals surface area contributed by atoms with Crippen molar-refractivity contribution in [3.63, 3.8) is 0 Å². The number of fused-ring (bicyclic) bond motifs is 1. The number of aromatic nitrogens is 1. The summed E-state index contributed by atoms with van der Waals surface area (Å²) in [6, 6.07) is 16.7. The van der Waals surface area contributed by atoms with Gasteiger partial charge in [0.05, 0.1) is 10.6 Å². The lowest BCUT2D eigenvalue weighted by Gasteiger charge is -1.99. The Morgan fingerprint density at radius 3 is 2.68 bits per heavy atom. The SMILES string of the molecule is Cn1c(C=C2SC(=Nc3ccc(O)cc3)NC2=O)cc2ccccc21. The van der Waals surface area contributed by atoms with E-state index in [-0.39, 0.29) is 11.7 Å². The van der Waals surface area contributed by atoms with Crippen LogP contribution in [0.5, 0.6) is 5.75 Å². The molecule has 0 aliphatic carbocycles. The third-order valence-electron chi connectivity index (χ3n) is 4.00. The Labute approximate surface area is 148 Å². The number of phenols is 1. The van der Waals surface area contributed by atoms with E-state index >= 15 is 0 Å². The quantitative estimate of drug-likeness (QED) is 0.692. The number of carbonyl (C=O) groups excluding carboxylic acids is 1. The summed E-state index contributed by atoms with van der Waals surface area (Å²) >= 11 is 1.31. The number of carbonyl (C=O) groups is 1. The van der Waals surface area contributed by atoms with Gasteiger partial charge in [-0.2, -0.15) is 0 Å². The number of amides is 1. The average Bonchev–Trinajstić information content (AvgIpc) is 3.11. The first kappa shape index (κ1) is 15.5. The summed E-state index contributed by atoms with van der Waals surface area (Å²) in [6.07, 6.45) is 1.87. The summed E-state index contributed by atoms with van der Waals surface area (Å²) in [5, 5.41) is 13.8. The lowest BCUT2D eigenvalue weighted by Crippen LogP contribution is -2.19. The van der Waals surface area contributed by atoms with E-state index in [1.54, 1.807) is 24.3 Å². The second-order valence-corrected chi connectivity index (χ2v) is 6.72. The largest absolute Gasteiger partial charge is 0.508 e. The zero-order chi connectivity index (χ0) is 17.4. The summed E-state index contributed by atoms with van der Waals surface area (Å²) in [6.45, 7) is 0. The van der Waals surface area contributed by atoms with E-state index in [0.29, 0.717) is 15.8 Å². The minimum atomic E-state index is -0.159. The van der Waals surface area contributed by atoms with Crippen molar-refractivity contribution >= 4 is 45.5 Å². The van der Waals surface area contributed by atoms with Crippen LogP contribution in [0.25, 0.3) is 17.0 Å². The van der Waals surface area contributed by atoms with Crippen molar-refractivity contribution in [1.82, 2.24) is 9.88 Å². The molecule has 0 spiro atoms. The van der Waals surface area contributed by atoms with Crippen molar-refractivity contribution < 1.29 is 9.90 Å². The molecule has 1 saturated heterocycles. The number of aryl methyl sites for hydroxylation is 1. The smallest absolute Gasteiger partial charge is 0.264 e. The molecular formula is C19H15N3O2S. The molecule has 1 aliphatic heterocycles. The van der Waals surface area contributed by atoms with Crippen LogP contribution in [0.15, 0.2) is 64.5 Å². The lowest BCUT2D eigenvalue weighted by atomic mass is 10.2. The van der Waals surface area contributed by atoms with Gasteiger partial charge in [0.1, 0.15) is 5.75 Å². The van der Waals surface area contributed by atoms with Gasteiger partial charge in [0.2, 0.25) is 0 Å².